The molecule has 0 aromatic rings. The molecule has 5 nitrogen and oxygen atoms in total. The molecule has 24 heavy (non-hydrogen) atoms. The number of carbonyl (C=O) groups excluding carboxylic acids is 2. The molecule has 3 fully saturated rings. The maximum atomic E-state index is 13.2. The van der Waals surface area contributed by atoms with Gasteiger partial charge >= 0.3 is 0 Å². The monoisotopic (exact) mass is 335 g/mol. The lowest BCUT2D eigenvalue weighted by Gasteiger charge is -2.39. The van der Waals surface area contributed by atoms with Crippen LogP contribution in [-0.2, 0) is 9.59 Å². The lowest BCUT2D eigenvalue weighted by Crippen LogP contribution is -2.49. The lowest BCUT2D eigenvalue weighted by molar-refractivity contribution is -0.148. The molecule has 1 aliphatic carbocycles. The summed E-state index contributed by atoms with van der Waals surface area (Å²) in [7, 11) is 1.98. The van der Waals surface area contributed by atoms with E-state index in [0.717, 1.165) is 77.7 Å². The minimum Gasteiger partial charge on any atom is -0.342 e. The first-order valence-corrected chi connectivity index (χ1v) is 9.93. The van der Waals surface area contributed by atoms with Gasteiger partial charge in [-0.15, -0.1) is 0 Å². The Balaban J connectivity index is 1.65. The van der Waals surface area contributed by atoms with Gasteiger partial charge in [-0.05, 0) is 58.0 Å². The quantitative estimate of drug-likeness (QED) is 0.853. The van der Waals surface area contributed by atoms with Crippen LogP contribution in [0.3, 0.4) is 0 Å². The van der Waals surface area contributed by atoms with Crippen LogP contribution in [-0.4, -0.2) is 61.4 Å². The van der Waals surface area contributed by atoms with Gasteiger partial charge in [0, 0.05) is 38.0 Å². The standard InChI is InChI=1S/C19H33N3O2/c1-20-13-15-7-6-12-22(14-15)19(24)17-9-3-2-8-16(17)18(23)21-10-4-5-11-21/h15-17,20H,2-14H2,1H3. The van der Waals surface area contributed by atoms with Crippen molar-refractivity contribution in [1.82, 2.24) is 15.1 Å². The van der Waals surface area contributed by atoms with Crippen molar-refractivity contribution in [3.8, 4) is 0 Å². The molecule has 1 N–H and O–H groups in total. The summed E-state index contributed by atoms with van der Waals surface area (Å²) in [4.78, 5) is 30.1. The highest BCUT2D eigenvalue weighted by atomic mass is 16.2. The molecule has 0 spiro atoms. The van der Waals surface area contributed by atoms with Gasteiger partial charge in [0.1, 0.15) is 0 Å². The second kappa shape index (κ2) is 8.32. The highest BCUT2D eigenvalue weighted by Crippen LogP contribution is 2.34. The van der Waals surface area contributed by atoms with Crippen molar-refractivity contribution in [3.63, 3.8) is 0 Å². The number of rotatable bonds is 4. The first-order valence-electron chi connectivity index (χ1n) is 9.93. The van der Waals surface area contributed by atoms with Crippen molar-refractivity contribution in [1.29, 1.82) is 0 Å². The Labute approximate surface area is 146 Å². The van der Waals surface area contributed by atoms with E-state index in [0.29, 0.717) is 5.92 Å². The van der Waals surface area contributed by atoms with E-state index >= 15 is 0 Å². The van der Waals surface area contributed by atoms with Crippen LogP contribution >= 0.6 is 0 Å². The minimum atomic E-state index is -0.0693. The maximum absolute atomic E-state index is 13.2. The second-order valence-electron chi connectivity index (χ2n) is 7.88. The summed E-state index contributed by atoms with van der Waals surface area (Å²) in [6, 6.07) is 0. The van der Waals surface area contributed by atoms with Crippen molar-refractivity contribution in [2.75, 3.05) is 39.8 Å². The zero-order valence-corrected chi connectivity index (χ0v) is 15.1. The molecule has 3 atom stereocenters. The Morgan fingerprint density at radius 2 is 1.42 bits per heavy atom. The normalized spacial score (nSPS) is 31.3. The van der Waals surface area contributed by atoms with Gasteiger partial charge in [-0.1, -0.05) is 12.8 Å². The molecule has 3 rings (SSSR count). The third-order valence-corrected chi connectivity index (χ3v) is 6.14. The average Bonchev–Trinajstić information content (AvgIpc) is 3.16. The maximum Gasteiger partial charge on any atom is 0.226 e. The van der Waals surface area contributed by atoms with E-state index < -0.39 is 0 Å². The number of likely N-dealkylation sites (tertiary alicyclic amines) is 2. The van der Waals surface area contributed by atoms with Crippen molar-refractivity contribution < 1.29 is 9.59 Å². The number of hydrogen-bond donors (Lipinski definition) is 1. The molecule has 1 saturated carbocycles. The van der Waals surface area contributed by atoms with E-state index in [-0.39, 0.29) is 23.7 Å². The number of carbonyl (C=O) groups is 2. The van der Waals surface area contributed by atoms with Crippen LogP contribution in [0.4, 0.5) is 0 Å². The molecule has 3 unspecified atom stereocenters. The Morgan fingerprint density at radius 1 is 0.833 bits per heavy atom. The molecular formula is C19H33N3O2. The van der Waals surface area contributed by atoms with E-state index in [9.17, 15) is 9.59 Å². The molecule has 3 aliphatic rings. The predicted octanol–water partition coefficient (Wildman–Crippen LogP) is 1.87. The summed E-state index contributed by atoms with van der Waals surface area (Å²) in [6.45, 7) is 4.50. The molecule has 2 saturated heterocycles. The summed E-state index contributed by atoms with van der Waals surface area (Å²) in [5.74, 6) is 0.945. The molecule has 0 bridgehead atoms. The molecule has 136 valence electrons. The van der Waals surface area contributed by atoms with E-state index in [4.69, 9.17) is 0 Å². The fourth-order valence-corrected chi connectivity index (χ4v) is 4.85. The molecule has 2 heterocycles. The largest absolute Gasteiger partial charge is 0.342 e. The second-order valence-corrected chi connectivity index (χ2v) is 7.88. The van der Waals surface area contributed by atoms with Gasteiger partial charge in [0.25, 0.3) is 0 Å². The molecule has 2 aliphatic heterocycles. The van der Waals surface area contributed by atoms with E-state index in [1.807, 2.05) is 11.9 Å². The van der Waals surface area contributed by atoms with Crippen molar-refractivity contribution >= 4 is 11.8 Å². The Hall–Kier alpha value is -1.10. The van der Waals surface area contributed by atoms with Crippen LogP contribution in [0.25, 0.3) is 0 Å². The highest BCUT2D eigenvalue weighted by Gasteiger charge is 2.40. The van der Waals surface area contributed by atoms with Crippen molar-refractivity contribution in [2.24, 2.45) is 17.8 Å². The molecule has 0 aromatic carbocycles. The molecule has 5 heteroatoms. The topological polar surface area (TPSA) is 52.7 Å². The van der Waals surface area contributed by atoms with E-state index in [1.165, 1.54) is 6.42 Å². The number of amides is 2. The van der Waals surface area contributed by atoms with E-state index in [1.54, 1.807) is 0 Å². The highest BCUT2D eigenvalue weighted by molar-refractivity contribution is 5.88. The SMILES string of the molecule is CNCC1CCCN(C(=O)C2CCCCC2C(=O)N2CCCC2)C1. The van der Waals surface area contributed by atoms with Gasteiger partial charge in [0.15, 0.2) is 0 Å². The van der Waals surface area contributed by atoms with Crippen LogP contribution in [0.15, 0.2) is 0 Å². The third-order valence-electron chi connectivity index (χ3n) is 6.14. The first kappa shape index (κ1) is 17.7. The summed E-state index contributed by atoms with van der Waals surface area (Å²) < 4.78 is 0. The molecule has 0 radical (unpaired) electrons. The predicted molar refractivity (Wildman–Crippen MR) is 94.5 cm³/mol. The zero-order chi connectivity index (χ0) is 16.9. The van der Waals surface area contributed by atoms with Gasteiger partial charge in [0.05, 0.1) is 0 Å². The van der Waals surface area contributed by atoms with Crippen LogP contribution < -0.4 is 5.32 Å². The van der Waals surface area contributed by atoms with Crippen LogP contribution in [0.2, 0.25) is 0 Å². The summed E-state index contributed by atoms with van der Waals surface area (Å²) in [5, 5.41) is 3.24. The summed E-state index contributed by atoms with van der Waals surface area (Å²) >= 11 is 0. The Kier molecular flexibility index (Phi) is 6.14. The van der Waals surface area contributed by atoms with Crippen LogP contribution in [0, 0.1) is 17.8 Å². The van der Waals surface area contributed by atoms with Crippen LogP contribution in [0.1, 0.15) is 51.4 Å². The smallest absolute Gasteiger partial charge is 0.226 e. The van der Waals surface area contributed by atoms with Crippen molar-refractivity contribution in [2.45, 2.75) is 51.4 Å². The van der Waals surface area contributed by atoms with Gasteiger partial charge in [0.2, 0.25) is 11.8 Å². The van der Waals surface area contributed by atoms with Crippen LogP contribution in [0.5, 0.6) is 0 Å². The lowest BCUT2D eigenvalue weighted by atomic mass is 9.77. The number of nitrogens with zero attached hydrogens (tertiary/aromatic N) is 2. The summed E-state index contributed by atoms with van der Waals surface area (Å²) in [5.41, 5.74) is 0. The van der Waals surface area contributed by atoms with Gasteiger partial charge in [-0.25, -0.2) is 0 Å². The minimum absolute atomic E-state index is 0.0611. The van der Waals surface area contributed by atoms with Gasteiger partial charge in [-0.3, -0.25) is 9.59 Å². The van der Waals surface area contributed by atoms with E-state index in [2.05, 4.69) is 10.2 Å². The first-order chi connectivity index (χ1) is 11.7. The number of nitrogens with one attached hydrogen (secondary N) is 1. The third kappa shape index (κ3) is 3.93. The Bertz CT molecular complexity index is 446. The average molecular weight is 335 g/mol. The number of hydrogen-bond acceptors (Lipinski definition) is 3. The summed E-state index contributed by atoms with van der Waals surface area (Å²) in [6.07, 6.45) is 8.52. The Morgan fingerprint density at radius 3 is 2.04 bits per heavy atom. The molecule has 2 amide bonds. The van der Waals surface area contributed by atoms with Gasteiger partial charge < -0.3 is 15.1 Å². The molecular weight excluding hydrogens is 302 g/mol. The number of piperidine rings is 1. The fraction of sp³-hybridized carbons (Fsp3) is 0.895. The zero-order valence-electron chi connectivity index (χ0n) is 15.1. The van der Waals surface area contributed by atoms with Gasteiger partial charge in [-0.2, -0.15) is 0 Å². The fourth-order valence-electron chi connectivity index (χ4n) is 4.85. The molecule has 0 aromatic heterocycles. The van der Waals surface area contributed by atoms with Crippen molar-refractivity contribution in [3.05, 3.63) is 0 Å².